The summed E-state index contributed by atoms with van der Waals surface area (Å²) in [4.78, 5) is 21.6. The van der Waals surface area contributed by atoms with E-state index in [1.165, 1.54) is 26.2 Å². The minimum Gasteiger partial charge on any atom is -0.478 e. The Labute approximate surface area is 102 Å². The zero-order chi connectivity index (χ0) is 13.3. The molecule has 0 radical (unpaired) electrons. The minimum atomic E-state index is -1.15. The van der Waals surface area contributed by atoms with Crippen molar-refractivity contribution in [3.8, 4) is 0 Å². The number of rotatable bonds is 9. The molecule has 0 unspecified atom stereocenters. The molecule has 0 atom stereocenters. The lowest BCUT2D eigenvalue weighted by Gasteiger charge is -2.05. The summed E-state index contributed by atoms with van der Waals surface area (Å²) in [5.74, 6) is -2.26. The van der Waals surface area contributed by atoms with Crippen LogP contribution in [0.15, 0.2) is 11.1 Å². The van der Waals surface area contributed by atoms with E-state index in [0.717, 1.165) is 19.3 Å². The highest BCUT2D eigenvalue weighted by molar-refractivity contribution is 5.98. The Morgan fingerprint density at radius 3 is 1.88 bits per heavy atom. The molecule has 0 aromatic rings. The molecule has 0 bridgehead atoms. The molecule has 17 heavy (non-hydrogen) atoms. The fraction of sp³-hybridized carbons (Fsp3) is 0.692. The van der Waals surface area contributed by atoms with Crippen molar-refractivity contribution in [2.24, 2.45) is 0 Å². The smallest absolute Gasteiger partial charge is 0.332 e. The summed E-state index contributed by atoms with van der Waals surface area (Å²) in [6.45, 7) is 3.49. The first-order valence-electron chi connectivity index (χ1n) is 6.17. The van der Waals surface area contributed by atoms with Crippen LogP contribution in [-0.4, -0.2) is 22.2 Å². The van der Waals surface area contributed by atoms with Gasteiger partial charge in [-0.15, -0.1) is 0 Å². The highest BCUT2D eigenvalue weighted by Crippen LogP contribution is 2.15. The molecule has 0 aliphatic rings. The lowest BCUT2D eigenvalue weighted by Crippen LogP contribution is -2.09. The molecule has 0 saturated heterocycles. The normalized spacial score (nSPS) is 12.1. The molecule has 0 amide bonds. The largest absolute Gasteiger partial charge is 0.478 e. The predicted molar refractivity (Wildman–Crippen MR) is 66.0 cm³/mol. The number of unbranched alkanes of at least 4 members (excludes halogenated alkanes) is 5. The van der Waals surface area contributed by atoms with E-state index in [1.807, 2.05) is 0 Å². The Balaban J connectivity index is 4.09. The summed E-state index contributed by atoms with van der Waals surface area (Å²) in [7, 11) is 0. The fourth-order valence-electron chi connectivity index (χ4n) is 1.67. The molecule has 0 spiro atoms. The maximum absolute atomic E-state index is 10.9. The van der Waals surface area contributed by atoms with Crippen LogP contribution < -0.4 is 0 Å². The SMILES string of the molecule is CCCCCCCCC(C(=O)O)=C(C)C(=O)O. The van der Waals surface area contributed by atoms with Crippen molar-refractivity contribution in [2.75, 3.05) is 0 Å². The summed E-state index contributed by atoms with van der Waals surface area (Å²) < 4.78 is 0. The number of hydrogen-bond acceptors (Lipinski definition) is 2. The topological polar surface area (TPSA) is 74.6 Å². The van der Waals surface area contributed by atoms with E-state index in [1.54, 1.807) is 0 Å². The third-order valence-electron chi connectivity index (χ3n) is 2.81. The standard InChI is InChI=1S/C13H22O4/c1-3-4-5-6-7-8-9-11(13(16)17)10(2)12(14)15/h3-9H2,1-2H3,(H,14,15)(H,16,17). The molecule has 0 rings (SSSR count). The van der Waals surface area contributed by atoms with Gasteiger partial charge in [0.1, 0.15) is 0 Å². The van der Waals surface area contributed by atoms with Crippen molar-refractivity contribution < 1.29 is 19.8 Å². The molecule has 0 fully saturated rings. The molecule has 2 N–H and O–H groups in total. The first-order chi connectivity index (χ1) is 8.00. The monoisotopic (exact) mass is 242 g/mol. The Morgan fingerprint density at radius 1 is 0.882 bits per heavy atom. The van der Waals surface area contributed by atoms with E-state index in [0.29, 0.717) is 6.42 Å². The van der Waals surface area contributed by atoms with Crippen LogP contribution in [0.25, 0.3) is 0 Å². The van der Waals surface area contributed by atoms with E-state index < -0.39 is 11.9 Å². The van der Waals surface area contributed by atoms with Crippen molar-refractivity contribution in [3.63, 3.8) is 0 Å². The molecular formula is C13H22O4. The first kappa shape index (κ1) is 15.7. The molecular weight excluding hydrogens is 220 g/mol. The average molecular weight is 242 g/mol. The lowest BCUT2D eigenvalue weighted by atomic mass is 10.0. The Bertz CT molecular complexity index is 292. The fourth-order valence-corrected chi connectivity index (χ4v) is 1.67. The van der Waals surface area contributed by atoms with Crippen LogP contribution in [-0.2, 0) is 9.59 Å². The van der Waals surface area contributed by atoms with Gasteiger partial charge >= 0.3 is 11.9 Å². The number of carboxylic acids is 2. The van der Waals surface area contributed by atoms with Gasteiger partial charge in [0, 0.05) is 11.1 Å². The van der Waals surface area contributed by atoms with E-state index in [4.69, 9.17) is 10.2 Å². The van der Waals surface area contributed by atoms with E-state index >= 15 is 0 Å². The van der Waals surface area contributed by atoms with Crippen molar-refractivity contribution in [3.05, 3.63) is 11.1 Å². The highest BCUT2D eigenvalue weighted by Gasteiger charge is 2.15. The third kappa shape index (κ3) is 6.76. The summed E-state index contributed by atoms with van der Waals surface area (Å²) in [6, 6.07) is 0. The maximum Gasteiger partial charge on any atom is 0.332 e. The zero-order valence-corrected chi connectivity index (χ0v) is 10.7. The second kappa shape index (κ2) is 8.79. The summed E-state index contributed by atoms with van der Waals surface area (Å²) in [6.07, 6.45) is 6.70. The minimum absolute atomic E-state index is 0.0352. The van der Waals surface area contributed by atoms with Gasteiger partial charge in [0.15, 0.2) is 0 Å². The highest BCUT2D eigenvalue weighted by atomic mass is 16.4. The molecule has 0 aromatic carbocycles. The van der Waals surface area contributed by atoms with Gasteiger partial charge in [0.2, 0.25) is 0 Å². The molecule has 0 aliphatic carbocycles. The molecule has 98 valence electrons. The van der Waals surface area contributed by atoms with E-state index in [9.17, 15) is 9.59 Å². The third-order valence-corrected chi connectivity index (χ3v) is 2.81. The molecule has 0 aromatic heterocycles. The molecule has 4 heteroatoms. The van der Waals surface area contributed by atoms with Gasteiger partial charge in [-0.1, -0.05) is 39.0 Å². The van der Waals surface area contributed by atoms with Crippen molar-refractivity contribution >= 4 is 11.9 Å². The Morgan fingerprint density at radius 2 is 1.41 bits per heavy atom. The van der Waals surface area contributed by atoms with Crippen molar-refractivity contribution in [1.29, 1.82) is 0 Å². The quantitative estimate of drug-likeness (QED) is 0.481. The van der Waals surface area contributed by atoms with E-state index in [2.05, 4.69) is 6.92 Å². The maximum atomic E-state index is 10.9. The van der Waals surface area contributed by atoms with Crippen molar-refractivity contribution in [1.82, 2.24) is 0 Å². The zero-order valence-electron chi connectivity index (χ0n) is 10.7. The van der Waals surface area contributed by atoms with Gasteiger partial charge < -0.3 is 10.2 Å². The van der Waals surface area contributed by atoms with Crippen LogP contribution in [0.2, 0.25) is 0 Å². The van der Waals surface area contributed by atoms with Crippen LogP contribution >= 0.6 is 0 Å². The van der Waals surface area contributed by atoms with Crippen LogP contribution in [0.4, 0.5) is 0 Å². The number of carbonyl (C=O) groups is 2. The summed E-state index contributed by atoms with van der Waals surface area (Å²) >= 11 is 0. The average Bonchev–Trinajstić information content (AvgIpc) is 2.26. The molecule has 0 aliphatic heterocycles. The first-order valence-corrected chi connectivity index (χ1v) is 6.17. The Hall–Kier alpha value is -1.32. The van der Waals surface area contributed by atoms with Crippen LogP contribution in [0.5, 0.6) is 0 Å². The summed E-state index contributed by atoms with van der Waals surface area (Å²) in [5, 5.41) is 17.7. The van der Waals surface area contributed by atoms with Gasteiger partial charge in [-0.2, -0.15) is 0 Å². The lowest BCUT2D eigenvalue weighted by molar-refractivity contribution is -0.136. The van der Waals surface area contributed by atoms with Crippen molar-refractivity contribution in [2.45, 2.75) is 58.8 Å². The van der Waals surface area contributed by atoms with Crippen LogP contribution in [0.1, 0.15) is 58.8 Å². The van der Waals surface area contributed by atoms with Gasteiger partial charge in [0.05, 0.1) is 0 Å². The second-order valence-electron chi connectivity index (χ2n) is 4.23. The molecule has 0 saturated carbocycles. The van der Waals surface area contributed by atoms with Gasteiger partial charge in [0.25, 0.3) is 0 Å². The molecule has 4 nitrogen and oxygen atoms in total. The van der Waals surface area contributed by atoms with Gasteiger partial charge in [-0.05, 0) is 19.8 Å². The molecule has 0 heterocycles. The van der Waals surface area contributed by atoms with Gasteiger partial charge in [-0.25, -0.2) is 9.59 Å². The summed E-state index contributed by atoms with van der Waals surface area (Å²) in [5.41, 5.74) is -0.0148. The number of hydrogen-bond donors (Lipinski definition) is 2. The predicted octanol–water partition coefficient (Wildman–Crippen LogP) is 3.22. The number of carboxylic acid groups (broad SMARTS) is 2. The van der Waals surface area contributed by atoms with Gasteiger partial charge in [-0.3, -0.25) is 0 Å². The van der Waals surface area contributed by atoms with Crippen LogP contribution in [0, 0.1) is 0 Å². The second-order valence-corrected chi connectivity index (χ2v) is 4.23. The number of aliphatic carboxylic acids is 2. The van der Waals surface area contributed by atoms with Crippen LogP contribution in [0.3, 0.4) is 0 Å². The Kier molecular flexibility index (Phi) is 8.11. The van der Waals surface area contributed by atoms with E-state index in [-0.39, 0.29) is 11.1 Å².